The highest BCUT2D eigenvalue weighted by Crippen LogP contribution is 2.27. The summed E-state index contributed by atoms with van der Waals surface area (Å²) in [4.78, 5) is 28.0. The normalized spacial score (nSPS) is 12.7. The Balaban J connectivity index is 2.34. The molecule has 2 atom stereocenters. The Hall–Kier alpha value is -2.24. The summed E-state index contributed by atoms with van der Waals surface area (Å²) in [5, 5.41) is 3.92. The lowest BCUT2D eigenvalue weighted by Gasteiger charge is -2.32. The van der Waals surface area contributed by atoms with Gasteiger partial charge in [-0.2, -0.15) is 0 Å². The lowest BCUT2D eigenvalue weighted by Crippen LogP contribution is -2.51. The van der Waals surface area contributed by atoms with E-state index < -0.39 is 6.04 Å². The van der Waals surface area contributed by atoms with Crippen molar-refractivity contribution >= 4 is 35.0 Å². The molecule has 1 N–H and O–H groups in total. The first-order valence-electron chi connectivity index (χ1n) is 10.5. The van der Waals surface area contributed by atoms with Crippen molar-refractivity contribution in [1.82, 2.24) is 10.2 Å². The molecule has 5 nitrogen and oxygen atoms in total. The second-order valence-electron chi connectivity index (χ2n) is 7.49. The Kier molecular flexibility index (Phi) is 9.66. The predicted molar refractivity (Wildman–Crippen MR) is 126 cm³/mol. The van der Waals surface area contributed by atoms with Crippen LogP contribution in [0.1, 0.15) is 44.7 Å². The number of hydrogen-bond donors (Lipinski definition) is 1. The van der Waals surface area contributed by atoms with Gasteiger partial charge in [-0.25, -0.2) is 0 Å². The number of nitrogens with zero attached hydrogens (tertiary/aromatic N) is 1. The minimum absolute atomic E-state index is 0.0176. The summed E-state index contributed by atoms with van der Waals surface area (Å²) < 4.78 is 5.18. The number of benzene rings is 2. The van der Waals surface area contributed by atoms with Crippen LogP contribution in [0.2, 0.25) is 10.0 Å². The van der Waals surface area contributed by atoms with Gasteiger partial charge in [0, 0.05) is 28.2 Å². The molecule has 0 fully saturated rings. The summed E-state index contributed by atoms with van der Waals surface area (Å²) >= 11 is 12.7. The monoisotopic (exact) mass is 464 g/mol. The molecule has 0 unspecified atom stereocenters. The number of hydrogen-bond acceptors (Lipinski definition) is 3. The molecule has 0 radical (unpaired) electrons. The van der Waals surface area contributed by atoms with Gasteiger partial charge in [-0.05, 0) is 49.6 Å². The third kappa shape index (κ3) is 6.88. The van der Waals surface area contributed by atoms with Crippen LogP contribution in [0.25, 0.3) is 0 Å². The van der Waals surface area contributed by atoms with Crippen LogP contribution in [0.5, 0.6) is 5.75 Å². The molecule has 0 aliphatic carbocycles. The van der Waals surface area contributed by atoms with E-state index in [2.05, 4.69) is 5.32 Å². The summed E-state index contributed by atoms with van der Waals surface area (Å²) in [6, 6.07) is 11.9. The quantitative estimate of drug-likeness (QED) is 0.520. The highest BCUT2D eigenvalue weighted by atomic mass is 35.5. The van der Waals surface area contributed by atoms with Crippen LogP contribution in [0.15, 0.2) is 42.5 Å². The van der Waals surface area contributed by atoms with Crippen LogP contribution in [0.3, 0.4) is 0 Å². The summed E-state index contributed by atoms with van der Waals surface area (Å²) in [7, 11) is 1.59. The van der Waals surface area contributed by atoms with Gasteiger partial charge in [0.1, 0.15) is 11.8 Å². The third-order valence-electron chi connectivity index (χ3n) is 5.29. The molecule has 2 aromatic rings. The Morgan fingerprint density at radius 2 is 1.65 bits per heavy atom. The molecule has 0 heterocycles. The largest absolute Gasteiger partial charge is 0.497 e. The SMILES string of the molecule is CC[C@H](C)NC(=O)[C@H](CC)N(Cc1c(Cl)cccc1Cl)C(=O)Cc1ccc(OC)cc1. The first kappa shape index (κ1) is 25.0. The molecule has 7 heteroatoms. The van der Waals surface area contributed by atoms with Crippen molar-refractivity contribution in [1.29, 1.82) is 0 Å². The van der Waals surface area contributed by atoms with E-state index in [0.717, 1.165) is 17.7 Å². The van der Waals surface area contributed by atoms with Crippen molar-refractivity contribution in [2.24, 2.45) is 0 Å². The van der Waals surface area contributed by atoms with Crippen molar-refractivity contribution < 1.29 is 14.3 Å². The number of rotatable bonds is 10. The summed E-state index contributed by atoms with van der Waals surface area (Å²) in [5.41, 5.74) is 1.46. The predicted octanol–water partition coefficient (Wildman–Crippen LogP) is 5.27. The van der Waals surface area contributed by atoms with Crippen LogP contribution in [0, 0.1) is 0 Å². The minimum Gasteiger partial charge on any atom is -0.497 e. The zero-order valence-corrected chi connectivity index (χ0v) is 20.0. The van der Waals surface area contributed by atoms with E-state index in [-0.39, 0.29) is 30.8 Å². The molecule has 0 aliphatic rings. The number of carbonyl (C=O) groups is 2. The van der Waals surface area contributed by atoms with E-state index in [1.165, 1.54) is 0 Å². The molecule has 0 saturated carbocycles. The topological polar surface area (TPSA) is 58.6 Å². The van der Waals surface area contributed by atoms with Gasteiger partial charge in [-0.15, -0.1) is 0 Å². The van der Waals surface area contributed by atoms with Gasteiger partial charge < -0.3 is 15.0 Å². The van der Waals surface area contributed by atoms with Gasteiger partial charge in [0.2, 0.25) is 11.8 Å². The third-order valence-corrected chi connectivity index (χ3v) is 6.00. The van der Waals surface area contributed by atoms with Crippen molar-refractivity contribution in [3.05, 3.63) is 63.6 Å². The van der Waals surface area contributed by atoms with Crippen LogP contribution in [-0.4, -0.2) is 35.9 Å². The zero-order valence-electron chi connectivity index (χ0n) is 18.5. The molecule has 0 aliphatic heterocycles. The van der Waals surface area contributed by atoms with Crippen LogP contribution in [-0.2, 0) is 22.6 Å². The second-order valence-corrected chi connectivity index (χ2v) is 8.30. The van der Waals surface area contributed by atoms with E-state index in [4.69, 9.17) is 27.9 Å². The van der Waals surface area contributed by atoms with Crippen molar-refractivity contribution in [3.63, 3.8) is 0 Å². The average molecular weight is 465 g/mol. The smallest absolute Gasteiger partial charge is 0.243 e. The average Bonchev–Trinajstić information content (AvgIpc) is 2.75. The highest BCUT2D eigenvalue weighted by molar-refractivity contribution is 6.36. The summed E-state index contributed by atoms with van der Waals surface area (Å²) in [5.74, 6) is 0.366. The number of ether oxygens (including phenoxy) is 1. The standard InChI is InChI=1S/C24H30Cl2N2O3/c1-5-16(3)27-24(30)22(6-2)28(15-19-20(25)8-7-9-21(19)26)23(29)14-17-10-12-18(31-4)13-11-17/h7-13,16,22H,5-6,14-15H2,1-4H3,(H,27,30)/t16-,22-/m0/s1. The van der Waals surface area contributed by atoms with Gasteiger partial charge in [0.05, 0.1) is 13.5 Å². The Labute approximate surface area is 194 Å². The number of methoxy groups -OCH3 is 1. The summed E-state index contributed by atoms with van der Waals surface area (Å²) in [6.45, 7) is 5.99. The number of nitrogens with one attached hydrogen (secondary N) is 1. The zero-order chi connectivity index (χ0) is 23.0. The van der Waals surface area contributed by atoms with Crippen LogP contribution >= 0.6 is 23.2 Å². The van der Waals surface area contributed by atoms with Gasteiger partial charge in [0.15, 0.2) is 0 Å². The molecule has 0 saturated heterocycles. The molecule has 0 bridgehead atoms. The maximum absolute atomic E-state index is 13.4. The van der Waals surface area contributed by atoms with E-state index in [1.807, 2.05) is 45.0 Å². The van der Waals surface area contributed by atoms with E-state index >= 15 is 0 Å². The highest BCUT2D eigenvalue weighted by Gasteiger charge is 2.30. The molecule has 0 spiro atoms. The van der Waals surface area contributed by atoms with Gasteiger partial charge in [0.25, 0.3) is 0 Å². The van der Waals surface area contributed by atoms with E-state index in [9.17, 15) is 9.59 Å². The van der Waals surface area contributed by atoms with Crippen LogP contribution in [0.4, 0.5) is 0 Å². The first-order valence-corrected chi connectivity index (χ1v) is 11.2. The molecule has 168 valence electrons. The van der Waals surface area contributed by atoms with Crippen molar-refractivity contribution in [2.75, 3.05) is 7.11 Å². The molecular formula is C24H30Cl2N2O3. The Morgan fingerprint density at radius 3 is 2.16 bits per heavy atom. The number of halogens is 2. The van der Waals surface area contributed by atoms with Crippen molar-refractivity contribution in [3.8, 4) is 5.75 Å². The van der Waals surface area contributed by atoms with Gasteiger partial charge in [-0.1, -0.05) is 55.2 Å². The fraction of sp³-hybridized carbons (Fsp3) is 0.417. The lowest BCUT2D eigenvalue weighted by molar-refractivity contribution is -0.141. The van der Waals surface area contributed by atoms with E-state index in [0.29, 0.717) is 22.0 Å². The van der Waals surface area contributed by atoms with Crippen LogP contribution < -0.4 is 10.1 Å². The van der Waals surface area contributed by atoms with Crippen molar-refractivity contribution in [2.45, 2.75) is 58.7 Å². The molecular weight excluding hydrogens is 435 g/mol. The lowest BCUT2D eigenvalue weighted by atomic mass is 10.1. The summed E-state index contributed by atoms with van der Waals surface area (Å²) in [6.07, 6.45) is 1.43. The molecule has 2 amide bonds. The fourth-order valence-electron chi connectivity index (χ4n) is 3.23. The van der Waals surface area contributed by atoms with E-state index in [1.54, 1.807) is 30.2 Å². The molecule has 31 heavy (non-hydrogen) atoms. The molecule has 2 aromatic carbocycles. The minimum atomic E-state index is -0.632. The second kappa shape index (κ2) is 12.0. The Morgan fingerprint density at radius 1 is 1.03 bits per heavy atom. The van der Waals surface area contributed by atoms with Gasteiger partial charge in [-0.3, -0.25) is 9.59 Å². The number of amides is 2. The fourth-order valence-corrected chi connectivity index (χ4v) is 3.75. The number of carbonyl (C=O) groups excluding carboxylic acids is 2. The molecule has 2 rings (SSSR count). The molecule has 0 aromatic heterocycles. The maximum atomic E-state index is 13.4. The van der Waals surface area contributed by atoms with Gasteiger partial charge >= 0.3 is 0 Å². The maximum Gasteiger partial charge on any atom is 0.243 e. The first-order chi connectivity index (χ1) is 14.8. The Bertz CT molecular complexity index is 867.